The molecule has 5 nitrogen and oxygen atoms in total. The maximum absolute atomic E-state index is 12.3. The van der Waals surface area contributed by atoms with Crippen molar-refractivity contribution in [2.24, 2.45) is 0 Å². The van der Waals surface area contributed by atoms with Gasteiger partial charge in [-0.2, -0.15) is 0 Å². The SMILES string of the molecule is Cc1cccc(NC(=O)c2ccc(CN3CC(C)OC(C)C3)cc2)n1. The van der Waals surface area contributed by atoms with Gasteiger partial charge in [-0.15, -0.1) is 0 Å². The van der Waals surface area contributed by atoms with E-state index in [9.17, 15) is 4.79 Å². The van der Waals surface area contributed by atoms with E-state index in [2.05, 4.69) is 29.0 Å². The van der Waals surface area contributed by atoms with Crippen LogP contribution in [0, 0.1) is 6.92 Å². The zero-order valence-corrected chi connectivity index (χ0v) is 15.0. The number of nitrogens with one attached hydrogen (secondary N) is 1. The molecule has 3 rings (SSSR count). The fourth-order valence-corrected chi connectivity index (χ4v) is 3.23. The number of benzene rings is 1. The minimum absolute atomic E-state index is 0.140. The van der Waals surface area contributed by atoms with Gasteiger partial charge in [0, 0.05) is 30.9 Å². The van der Waals surface area contributed by atoms with Gasteiger partial charge < -0.3 is 10.1 Å². The summed E-state index contributed by atoms with van der Waals surface area (Å²) < 4.78 is 5.77. The average molecular weight is 339 g/mol. The standard InChI is InChI=1S/C20H25N3O2/c1-14-5-4-6-19(21-14)22-20(24)18-9-7-17(8-10-18)13-23-11-15(2)25-16(3)12-23/h4-10,15-16H,11-13H2,1-3H3,(H,21,22,24). The van der Waals surface area contributed by atoms with Gasteiger partial charge >= 0.3 is 0 Å². The Hall–Kier alpha value is -2.24. The molecule has 1 fully saturated rings. The molecule has 5 heteroatoms. The molecule has 2 atom stereocenters. The van der Waals surface area contributed by atoms with Crippen LogP contribution in [0.15, 0.2) is 42.5 Å². The van der Waals surface area contributed by atoms with Crippen molar-refractivity contribution in [1.29, 1.82) is 0 Å². The highest BCUT2D eigenvalue weighted by molar-refractivity contribution is 6.03. The van der Waals surface area contributed by atoms with E-state index in [1.54, 1.807) is 6.07 Å². The van der Waals surface area contributed by atoms with Crippen molar-refractivity contribution in [3.05, 3.63) is 59.3 Å². The van der Waals surface area contributed by atoms with E-state index in [1.165, 1.54) is 5.56 Å². The van der Waals surface area contributed by atoms with Crippen molar-refractivity contribution >= 4 is 11.7 Å². The molecule has 1 saturated heterocycles. The Labute approximate surface area is 149 Å². The molecule has 2 unspecified atom stereocenters. The van der Waals surface area contributed by atoms with Gasteiger partial charge in [-0.3, -0.25) is 9.69 Å². The number of hydrogen-bond donors (Lipinski definition) is 1. The molecule has 1 aromatic heterocycles. The van der Waals surface area contributed by atoms with Gasteiger partial charge in [-0.1, -0.05) is 18.2 Å². The van der Waals surface area contributed by atoms with Crippen molar-refractivity contribution in [2.75, 3.05) is 18.4 Å². The summed E-state index contributed by atoms with van der Waals surface area (Å²) in [5.74, 6) is 0.434. The number of aromatic nitrogens is 1. The third-order valence-corrected chi connectivity index (χ3v) is 4.25. The third-order valence-electron chi connectivity index (χ3n) is 4.25. The lowest BCUT2D eigenvalue weighted by Gasteiger charge is -2.35. The quantitative estimate of drug-likeness (QED) is 0.929. The summed E-state index contributed by atoms with van der Waals surface area (Å²) in [6.07, 6.45) is 0.520. The second kappa shape index (κ2) is 7.76. The Kier molecular flexibility index (Phi) is 5.46. The van der Waals surface area contributed by atoms with Gasteiger partial charge in [0.1, 0.15) is 5.82 Å². The zero-order chi connectivity index (χ0) is 17.8. The van der Waals surface area contributed by atoms with Crippen molar-refractivity contribution < 1.29 is 9.53 Å². The van der Waals surface area contributed by atoms with E-state index in [1.807, 2.05) is 43.3 Å². The van der Waals surface area contributed by atoms with Gasteiger partial charge in [0.2, 0.25) is 0 Å². The molecule has 0 bridgehead atoms. The molecule has 0 spiro atoms. The lowest BCUT2D eigenvalue weighted by molar-refractivity contribution is -0.0704. The molecule has 1 amide bonds. The predicted octanol–water partition coefficient (Wildman–Crippen LogP) is 3.25. The molecule has 1 aromatic carbocycles. The van der Waals surface area contributed by atoms with Crippen LogP contribution in [-0.4, -0.2) is 41.1 Å². The highest BCUT2D eigenvalue weighted by atomic mass is 16.5. The van der Waals surface area contributed by atoms with Crippen molar-refractivity contribution in [3.63, 3.8) is 0 Å². The molecule has 2 heterocycles. The van der Waals surface area contributed by atoms with Crippen LogP contribution in [0.25, 0.3) is 0 Å². The summed E-state index contributed by atoms with van der Waals surface area (Å²) in [6.45, 7) is 8.86. The second-order valence-corrected chi connectivity index (χ2v) is 6.77. The highest BCUT2D eigenvalue weighted by Gasteiger charge is 2.22. The molecule has 2 aromatic rings. The Morgan fingerprint density at radius 2 is 1.84 bits per heavy atom. The Balaban J connectivity index is 1.60. The van der Waals surface area contributed by atoms with E-state index in [0.717, 1.165) is 25.3 Å². The van der Waals surface area contributed by atoms with Crippen LogP contribution in [0.1, 0.15) is 35.5 Å². The number of carbonyl (C=O) groups excluding carboxylic acids is 1. The van der Waals surface area contributed by atoms with Crippen LogP contribution in [-0.2, 0) is 11.3 Å². The lowest BCUT2D eigenvalue weighted by atomic mass is 10.1. The summed E-state index contributed by atoms with van der Waals surface area (Å²) in [6, 6.07) is 13.3. The summed E-state index contributed by atoms with van der Waals surface area (Å²) >= 11 is 0. The van der Waals surface area contributed by atoms with Crippen LogP contribution in [0.3, 0.4) is 0 Å². The molecular formula is C20H25N3O2. The Morgan fingerprint density at radius 3 is 2.48 bits per heavy atom. The smallest absolute Gasteiger partial charge is 0.256 e. The number of amides is 1. The predicted molar refractivity (Wildman–Crippen MR) is 98.7 cm³/mol. The molecule has 0 aliphatic carbocycles. The van der Waals surface area contributed by atoms with Gasteiger partial charge in [0.05, 0.1) is 12.2 Å². The van der Waals surface area contributed by atoms with Gasteiger partial charge in [-0.25, -0.2) is 4.98 Å². The number of hydrogen-bond acceptors (Lipinski definition) is 4. The fraction of sp³-hybridized carbons (Fsp3) is 0.400. The fourth-order valence-electron chi connectivity index (χ4n) is 3.23. The van der Waals surface area contributed by atoms with Crippen LogP contribution >= 0.6 is 0 Å². The van der Waals surface area contributed by atoms with E-state index in [-0.39, 0.29) is 18.1 Å². The second-order valence-electron chi connectivity index (χ2n) is 6.77. The molecule has 132 valence electrons. The first kappa shape index (κ1) is 17.6. The van der Waals surface area contributed by atoms with E-state index in [0.29, 0.717) is 11.4 Å². The van der Waals surface area contributed by atoms with Crippen LogP contribution in [0.2, 0.25) is 0 Å². The summed E-state index contributed by atoms with van der Waals surface area (Å²) in [5.41, 5.74) is 2.71. The van der Waals surface area contributed by atoms with Crippen LogP contribution in [0.5, 0.6) is 0 Å². The molecule has 1 aliphatic heterocycles. The summed E-state index contributed by atoms with van der Waals surface area (Å²) in [4.78, 5) is 19.0. The molecule has 0 saturated carbocycles. The van der Waals surface area contributed by atoms with Crippen LogP contribution in [0.4, 0.5) is 5.82 Å². The number of rotatable bonds is 4. The minimum Gasteiger partial charge on any atom is -0.373 e. The third kappa shape index (κ3) is 4.87. The van der Waals surface area contributed by atoms with Gasteiger partial charge in [-0.05, 0) is 50.6 Å². The number of anilines is 1. The Morgan fingerprint density at radius 1 is 1.16 bits per heavy atom. The average Bonchev–Trinajstić information content (AvgIpc) is 2.54. The van der Waals surface area contributed by atoms with Gasteiger partial charge in [0.15, 0.2) is 0 Å². The molecule has 0 radical (unpaired) electrons. The van der Waals surface area contributed by atoms with Crippen molar-refractivity contribution in [3.8, 4) is 0 Å². The number of ether oxygens (including phenoxy) is 1. The van der Waals surface area contributed by atoms with Gasteiger partial charge in [0.25, 0.3) is 5.91 Å². The molecule has 1 aliphatic rings. The molecule has 25 heavy (non-hydrogen) atoms. The Bertz CT molecular complexity index is 720. The maximum Gasteiger partial charge on any atom is 0.256 e. The van der Waals surface area contributed by atoms with Crippen LogP contribution < -0.4 is 5.32 Å². The molecular weight excluding hydrogens is 314 g/mol. The highest BCUT2D eigenvalue weighted by Crippen LogP contribution is 2.15. The van der Waals surface area contributed by atoms with E-state index < -0.39 is 0 Å². The number of morpholine rings is 1. The van der Waals surface area contributed by atoms with Crippen molar-refractivity contribution in [1.82, 2.24) is 9.88 Å². The summed E-state index contributed by atoms with van der Waals surface area (Å²) in [5, 5.41) is 2.83. The number of carbonyl (C=O) groups is 1. The first-order valence-electron chi connectivity index (χ1n) is 8.71. The first-order chi connectivity index (χ1) is 12.0. The normalized spacial score (nSPS) is 21.1. The molecule has 1 N–H and O–H groups in total. The number of aryl methyl sites for hydroxylation is 1. The van der Waals surface area contributed by atoms with Crippen molar-refractivity contribution in [2.45, 2.75) is 39.5 Å². The first-order valence-corrected chi connectivity index (χ1v) is 8.71. The maximum atomic E-state index is 12.3. The monoisotopic (exact) mass is 339 g/mol. The topological polar surface area (TPSA) is 54.5 Å². The lowest BCUT2D eigenvalue weighted by Crippen LogP contribution is -2.44. The zero-order valence-electron chi connectivity index (χ0n) is 15.0. The number of nitrogens with zero attached hydrogens (tertiary/aromatic N) is 2. The minimum atomic E-state index is -0.140. The number of pyridine rings is 1. The van der Waals surface area contributed by atoms with E-state index >= 15 is 0 Å². The summed E-state index contributed by atoms with van der Waals surface area (Å²) in [7, 11) is 0. The van der Waals surface area contributed by atoms with E-state index in [4.69, 9.17) is 4.74 Å². The largest absolute Gasteiger partial charge is 0.373 e.